The molecule has 1 aliphatic heterocycles. The Balaban J connectivity index is 2.07. The number of hydrogen-bond acceptors (Lipinski definition) is 3. The quantitative estimate of drug-likeness (QED) is 0.878. The minimum Gasteiger partial charge on any atom is -0.384 e. The molecule has 4 nitrogen and oxygen atoms in total. The van der Waals surface area contributed by atoms with Gasteiger partial charge < -0.3 is 15.4 Å². The molecule has 1 heterocycles. The highest BCUT2D eigenvalue weighted by molar-refractivity contribution is 6.30. The zero-order valence-corrected chi connectivity index (χ0v) is 13.4. The zero-order chi connectivity index (χ0) is 15.3. The number of rotatable bonds is 5. The van der Waals surface area contributed by atoms with Crippen molar-refractivity contribution in [3.8, 4) is 0 Å². The number of benzene rings is 1. The lowest BCUT2D eigenvalue weighted by molar-refractivity contribution is -0.136. The van der Waals surface area contributed by atoms with Crippen LogP contribution in [0.25, 0.3) is 0 Å². The Hall–Kier alpha value is -1.10. The Morgan fingerprint density at radius 2 is 2.19 bits per heavy atom. The highest BCUT2D eigenvalue weighted by Crippen LogP contribution is 2.30. The normalized spacial score (nSPS) is 19.0. The molecule has 0 unspecified atom stereocenters. The van der Waals surface area contributed by atoms with E-state index in [1.54, 1.807) is 7.11 Å². The minimum atomic E-state index is -0.424. The van der Waals surface area contributed by atoms with Crippen LogP contribution in [0.4, 0.5) is 0 Å². The van der Waals surface area contributed by atoms with E-state index in [1.807, 2.05) is 31.2 Å². The number of ether oxygens (including phenoxy) is 1. The molecule has 1 amide bonds. The highest BCUT2D eigenvalue weighted by Gasteiger charge is 2.40. The van der Waals surface area contributed by atoms with Crippen LogP contribution in [0.3, 0.4) is 0 Å². The molecule has 116 valence electrons. The van der Waals surface area contributed by atoms with E-state index in [-0.39, 0.29) is 11.9 Å². The predicted molar refractivity (Wildman–Crippen MR) is 84.4 cm³/mol. The Morgan fingerprint density at radius 1 is 1.48 bits per heavy atom. The first-order valence-electron chi connectivity index (χ1n) is 7.33. The van der Waals surface area contributed by atoms with Gasteiger partial charge in [0.05, 0.1) is 18.1 Å². The van der Waals surface area contributed by atoms with E-state index in [0.29, 0.717) is 11.6 Å². The topological polar surface area (TPSA) is 50.4 Å². The summed E-state index contributed by atoms with van der Waals surface area (Å²) in [5, 5.41) is 7.09. The van der Waals surface area contributed by atoms with E-state index in [2.05, 4.69) is 10.6 Å². The van der Waals surface area contributed by atoms with Gasteiger partial charge in [-0.25, -0.2) is 0 Å². The smallest absolute Gasteiger partial charge is 0.229 e. The SMILES string of the molecule is COCC1(C(=O)N[C@H](C)c2cccc(Cl)c2)CCNCC1. The van der Waals surface area contributed by atoms with Crippen molar-refractivity contribution in [2.75, 3.05) is 26.8 Å². The zero-order valence-electron chi connectivity index (χ0n) is 12.6. The number of hydrogen-bond donors (Lipinski definition) is 2. The van der Waals surface area contributed by atoms with Crippen LogP contribution in [0.15, 0.2) is 24.3 Å². The number of halogens is 1. The molecule has 5 heteroatoms. The van der Waals surface area contributed by atoms with Gasteiger partial charge in [0.2, 0.25) is 5.91 Å². The second-order valence-corrected chi connectivity index (χ2v) is 6.15. The van der Waals surface area contributed by atoms with Crippen LogP contribution in [0, 0.1) is 5.41 Å². The van der Waals surface area contributed by atoms with Crippen molar-refractivity contribution < 1.29 is 9.53 Å². The molecule has 2 N–H and O–H groups in total. The maximum absolute atomic E-state index is 12.7. The van der Waals surface area contributed by atoms with Gasteiger partial charge in [-0.15, -0.1) is 0 Å². The third-order valence-electron chi connectivity index (χ3n) is 4.16. The van der Waals surface area contributed by atoms with Crippen molar-refractivity contribution in [2.45, 2.75) is 25.8 Å². The van der Waals surface area contributed by atoms with E-state index < -0.39 is 5.41 Å². The summed E-state index contributed by atoms with van der Waals surface area (Å²) in [7, 11) is 1.65. The van der Waals surface area contributed by atoms with Crippen molar-refractivity contribution in [1.82, 2.24) is 10.6 Å². The lowest BCUT2D eigenvalue weighted by Gasteiger charge is -2.36. The van der Waals surface area contributed by atoms with E-state index in [4.69, 9.17) is 16.3 Å². The van der Waals surface area contributed by atoms with E-state index in [1.165, 1.54) is 0 Å². The van der Waals surface area contributed by atoms with Crippen molar-refractivity contribution in [1.29, 1.82) is 0 Å². The van der Waals surface area contributed by atoms with Gasteiger partial charge in [-0.2, -0.15) is 0 Å². The average molecular weight is 311 g/mol. The third-order valence-corrected chi connectivity index (χ3v) is 4.39. The van der Waals surface area contributed by atoms with Crippen LogP contribution in [0.5, 0.6) is 0 Å². The molecule has 0 saturated carbocycles. The molecule has 1 aliphatic rings. The average Bonchev–Trinajstić information content (AvgIpc) is 2.48. The molecule has 1 atom stereocenters. The third kappa shape index (κ3) is 3.96. The van der Waals surface area contributed by atoms with Gasteiger partial charge in [0.1, 0.15) is 0 Å². The number of methoxy groups -OCH3 is 1. The van der Waals surface area contributed by atoms with Crippen LogP contribution in [-0.2, 0) is 9.53 Å². The largest absolute Gasteiger partial charge is 0.384 e. The van der Waals surface area contributed by atoms with Crippen LogP contribution in [-0.4, -0.2) is 32.7 Å². The molecule has 1 aromatic rings. The molecule has 1 aromatic carbocycles. The molecule has 0 bridgehead atoms. The lowest BCUT2D eigenvalue weighted by atomic mass is 9.78. The molecular formula is C16H23ClN2O2. The summed E-state index contributed by atoms with van der Waals surface area (Å²) in [6.07, 6.45) is 1.60. The van der Waals surface area contributed by atoms with Crippen LogP contribution < -0.4 is 10.6 Å². The molecule has 1 fully saturated rings. The Labute approximate surface area is 131 Å². The standard InChI is InChI=1S/C16H23ClN2O2/c1-12(13-4-3-5-14(17)10-13)19-15(20)16(11-21-2)6-8-18-9-7-16/h3-5,10,12,18H,6-9,11H2,1-2H3,(H,19,20)/t12-/m1/s1. The number of nitrogens with one attached hydrogen (secondary N) is 2. The Morgan fingerprint density at radius 3 is 2.81 bits per heavy atom. The highest BCUT2D eigenvalue weighted by atomic mass is 35.5. The molecule has 0 aromatic heterocycles. The number of carbonyl (C=O) groups is 1. The second kappa shape index (κ2) is 7.25. The molecule has 0 aliphatic carbocycles. The Bertz CT molecular complexity index is 481. The summed E-state index contributed by atoms with van der Waals surface area (Å²) >= 11 is 6.01. The van der Waals surface area contributed by atoms with Gasteiger partial charge in [-0.1, -0.05) is 23.7 Å². The van der Waals surface area contributed by atoms with E-state index in [9.17, 15) is 4.79 Å². The van der Waals surface area contributed by atoms with Gasteiger partial charge >= 0.3 is 0 Å². The maximum Gasteiger partial charge on any atom is 0.229 e. The van der Waals surface area contributed by atoms with E-state index >= 15 is 0 Å². The fourth-order valence-corrected chi connectivity index (χ4v) is 3.03. The van der Waals surface area contributed by atoms with Crippen molar-refractivity contribution >= 4 is 17.5 Å². The molecular weight excluding hydrogens is 288 g/mol. The van der Waals surface area contributed by atoms with Crippen molar-refractivity contribution in [3.63, 3.8) is 0 Å². The summed E-state index contributed by atoms with van der Waals surface area (Å²) in [6.45, 7) is 4.14. The van der Waals surface area contributed by atoms with Crippen molar-refractivity contribution in [3.05, 3.63) is 34.9 Å². The van der Waals surface area contributed by atoms with Gasteiger partial charge in [0.15, 0.2) is 0 Å². The van der Waals surface area contributed by atoms with Gasteiger partial charge in [0, 0.05) is 12.1 Å². The monoisotopic (exact) mass is 310 g/mol. The lowest BCUT2D eigenvalue weighted by Crippen LogP contribution is -2.50. The van der Waals surface area contributed by atoms with Crippen LogP contribution >= 0.6 is 11.6 Å². The number of carbonyl (C=O) groups excluding carboxylic acids is 1. The summed E-state index contributed by atoms with van der Waals surface area (Å²) < 4.78 is 5.30. The molecule has 2 rings (SSSR count). The van der Waals surface area contributed by atoms with E-state index in [0.717, 1.165) is 31.5 Å². The van der Waals surface area contributed by atoms with Gasteiger partial charge in [0.25, 0.3) is 0 Å². The summed E-state index contributed by atoms with van der Waals surface area (Å²) in [4.78, 5) is 12.7. The molecule has 0 radical (unpaired) electrons. The summed E-state index contributed by atoms with van der Waals surface area (Å²) in [5.74, 6) is 0.0679. The fourth-order valence-electron chi connectivity index (χ4n) is 2.83. The van der Waals surface area contributed by atoms with Crippen molar-refractivity contribution in [2.24, 2.45) is 5.41 Å². The number of piperidine rings is 1. The number of amides is 1. The summed E-state index contributed by atoms with van der Waals surface area (Å²) in [5.41, 5.74) is 0.588. The van der Waals surface area contributed by atoms with Gasteiger partial charge in [-0.05, 0) is 50.6 Å². The molecule has 1 saturated heterocycles. The first kappa shape index (κ1) is 16.3. The maximum atomic E-state index is 12.7. The van der Waals surface area contributed by atoms with Crippen LogP contribution in [0.2, 0.25) is 5.02 Å². The van der Waals surface area contributed by atoms with Gasteiger partial charge in [-0.3, -0.25) is 4.79 Å². The molecule has 21 heavy (non-hydrogen) atoms. The molecule has 0 spiro atoms. The second-order valence-electron chi connectivity index (χ2n) is 5.71. The minimum absolute atomic E-state index is 0.0679. The van der Waals surface area contributed by atoms with Crippen LogP contribution in [0.1, 0.15) is 31.4 Å². The first-order chi connectivity index (χ1) is 10.1. The fraction of sp³-hybridized carbons (Fsp3) is 0.562. The Kier molecular flexibility index (Phi) is 5.62. The predicted octanol–water partition coefficient (Wildman–Crippen LogP) is 2.53. The summed E-state index contributed by atoms with van der Waals surface area (Å²) in [6, 6.07) is 7.52. The first-order valence-corrected chi connectivity index (χ1v) is 7.71.